The summed E-state index contributed by atoms with van der Waals surface area (Å²) in [7, 11) is 0. The van der Waals surface area contributed by atoms with Crippen LogP contribution in [0.1, 0.15) is 25.3 Å². The van der Waals surface area contributed by atoms with E-state index in [-0.39, 0.29) is 13.0 Å². The van der Waals surface area contributed by atoms with Gasteiger partial charge in [0.25, 0.3) is 0 Å². The minimum Gasteiger partial charge on any atom is -0.480 e. The van der Waals surface area contributed by atoms with Crippen LogP contribution in [0.3, 0.4) is 0 Å². The zero-order valence-corrected chi connectivity index (χ0v) is 16.9. The number of benzene rings is 1. The number of hydrogen-bond acceptors (Lipinski definition) is 6. The number of nitrogens with one attached hydrogen (secondary N) is 2. The number of hydrogen-bond donors (Lipinski definition) is 5. The van der Waals surface area contributed by atoms with Crippen molar-refractivity contribution in [3.05, 3.63) is 35.9 Å². The van der Waals surface area contributed by atoms with E-state index in [0.717, 1.165) is 5.56 Å². The van der Waals surface area contributed by atoms with E-state index in [0.29, 0.717) is 19.4 Å². The summed E-state index contributed by atoms with van der Waals surface area (Å²) in [6.45, 7) is 1.71. The second-order valence-corrected chi connectivity index (χ2v) is 7.35. The molecule has 0 saturated carbocycles. The Balaban J connectivity index is 2.15. The summed E-state index contributed by atoms with van der Waals surface area (Å²) in [5.41, 5.74) is 11.7. The van der Waals surface area contributed by atoms with Crippen LogP contribution in [-0.2, 0) is 25.6 Å². The topological polar surface area (TPSA) is 168 Å². The first-order chi connectivity index (χ1) is 14.2. The third-order valence-electron chi connectivity index (χ3n) is 5.06. The number of carbonyl (C=O) groups is 4. The fourth-order valence-corrected chi connectivity index (χ4v) is 3.33. The second kappa shape index (κ2) is 10.7. The molecule has 0 unspecified atom stereocenters. The Morgan fingerprint density at radius 3 is 2.43 bits per heavy atom. The van der Waals surface area contributed by atoms with Crippen molar-refractivity contribution < 1.29 is 24.3 Å². The van der Waals surface area contributed by atoms with Crippen LogP contribution in [0.5, 0.6) is 0 Å². The number of rotatable bonds is 9. The Morgan fingerprint density at radius 2 is 1.83 bits per heavy atom. The lowest BCUT2D eigenvalue weighted by atomic mass is 10.0. The molecule has 1 aliphatic rings. The van der Waals surface area contributed by atoms with Crippen molar-refractivity contribution in [1.82, 2.24) is 15.5 Å². The standard InChI is InChI=1S/C20H29N5O5/c1-12(23-18(27)14(22)11-21)17(26)24-15(10-13-6-3-2-4-7-13)19(28)25-9-5-8-16(25)20(29)30/h2-4,6-7,12,14-16H,5,8-11,21-22H2,1H3,(H,23,27)(H,24,26)(H,29,30)/t12-,14-,15-,16+/m0/s1. The van der Waals surface area contributed by atoms with E-state index in [4.69, 9.17) is 11.5 Å². The van der Waals surface area contributed by atoms with Gasteiger partial charge in [0.2, 0.25) is 17.7 Å². The van der Waals surface area contributed by atoms with Crippen LogP contribution in [0.4, 0.5) is 0 Å². The van der Waals surface area contributed by atoms with Gasteiger partial charge in [-0.3, -0.25) is 14.4 Å². The van der Waals surface area contributed by atoms with Crippen LogP contribution in [0.2, 0.25) is 0 Å². The molecule has 4 atom stereocenters. The molecule has 0 bridgehead atoms. The van der Waals surface area contributed by atoms with Crippen molar-refractivity contribution in [1.29, 1.82) is 0 Å². The van der Waals surface area contributed by atoms with E-state index in [1.165, 1.54) is 11.8 Å². The van der Waals surface area contributed by atoms with E-state index in [9.17, 15) is 24.3 Å². The molecule has 1 saturated heterocycles. The largest absolute Gasteiger partial charge is 0.480 e. The number of nitrogens with two attached hydrogens (primary N) is 2. The van der Waals surface area contributed by atoms with E-state index >= 15 is 0 Å². The quantitative estimate of drug-likeness (QED) is 0.327. The number of amides is 3. The molecule has 10 nitrogen and oxygen atoms in total. The lowest BCUT2D eigenvalue weighted by molar-refractivity contribution is -0.149. The van der Waals surface area contributed by atoms with Crippen molar-refractivity contribution in [2.75, 3.05) is 13.1 Å². The summed E-state index contributed by atoms with van der Waals surface area (Å²) in [6, 6.07) is 5.32. The lowest BCUT2D eigenvalue weighted by Crippen LogP contribution is -2.57. The maximum Gasteiger partial charge on any atom is 0.326 e. The Labute approximate surface area is 175 Å². The Bertz CT molecular complexity index is 772. The van der Waals surface area contributed by atoms with E-state index in [1.807, 2.05) is 30.3 Å². The first-order valence-electron chi connectivity index (χ1n) is 9.88. The van der Waals surface area contributed by atoms with Crippen molar-refractivity contribution in [3.63, 3.8) is 0 Å². The Morgan fingerprint density at radius 1 is 1.17 bits per heavy atom. The molecule has 0 radical (unpaired) electrons. The van der Waals surface area contributed by atoms with Crippen LogP contribution < -0.4 is 22.1 Å². The van der Waals surface area contributed by atoms with Gasteiger partial charge in [-0.2, -0.15) is 0 Å². The molecule has 0 aromatic heterocycles. The first kappa shape index (κ1) is 23.3. The third kappa shape index (κ3) is 6.01. The summed E-state index contributed by atoms with van der Waals surface area (Å²) in [4.78, 5) is 50.4. The molecule has 10 heteroatoms. The molecule has 1 aromatic carbocycles. The molecule has 0 spiro atoms. The van der Waals surface area contributed by atoms with E-state index in [2.05, 4.69) is 10.6 Å². The third-order valence-corrected chi connectivity index (χ3v) is 5.06. The predicted octanol–water partition coefficient (Wildman–Crippen LogP) is -1.42. The number of carboxylic acids is 1. The Hall–Kier alpha value is -2.98. The average molecular weight is 419 g/mol. The second-order valence-electron chi connectivity index (χ2n) is 7.35. The number of nitrogens with zero attached hydrogens (tertiary/aromatic N) is 1. The molecule has 1 heterocycles. The van der Waals surface area contributed by atoms with Gasteiger partial charge in [-0.1, -0.05) is 30.3 Å². The normalized spacial score (nSPS) is 18.9. The van der Waals surface area contributed by atoms with Crippen molar-refractivity contribution in [2.24, 2.45) is 11.5 Å². The highest BCUT2D eigenvalue weighted by Crippen LogP contribution is 2.19. The van der Waals surface area contributed by atoms with Crippen molar-refractivity contribution in [2.45, 2.75) is 50.4 Å². The van der Waals surface area contributed by atoms with Crippen molar-refractivity contribution in [3.8, 4) is 0 Å². The van der Waals surface area contributed by atoms with Gasteiger partial charge in [-0.15, -0.1) is 0 Å². The number of aliphatic carboxylic acids is 1. The van der Waals surface area contributed by atoms with Crippen molar-refractivity contribution >= 4 is 23.7 Å². The fourth-order valence-electron chi connectivity index (χ4n) is 3.33. The molecular weight excluding hydrogens is 390 g/mol. The minimum absolute atomic E-state index is 0.0686. The van der Waals surface area contributed by atoms with Gasteiger partial charge in [0.15, 0.2) is 0 Å². The van der Waals surface area contributed by atoms with Crippen LogP contribution in [0.15, 0.2) is 30.3 Å². The van der Waals surface area contributed by atoms with Gasteiger partial charge in [0.1, 0.15) is 18.1 Å². The molecule has 1 aromatic rings. The highest BCUT2D eigenvalue weighted by Gasteiger charge is 2.38. The molecule has 0 aliphatic carbocycles. The number of carbonyl (C=O) groups excluding carboxylic acids is 3. The van der Waals surface area contributed by atoms with Gasteiger partial charge >= 0.3 is 5.97 Å². The van der Waals surface area contributed by atoms with Crippen LogP contribution in [0, 0.1) is 0 Å². The summed E-state index contributed by atoms with van der Waals surface area (Å²) in [5, 5.41) is 14.5. The Kier molecular flexibility index (Phi) is 8.31. The average Bonchev–Trinajstić information content (AvgIpc) is 3.23. The van der Waals surface area contributed by atoms with Crippen LogP contribution in [0.25, 0.3) is 0 Å². The van der Waals surface area contributed by atoms with Gasteiger partial charge in [0, 0.05) is 19.5 Å². The molecule has 164 valence electrons. The zero-order valence-electron chi connectivity index (χ0n) is 16.9. The van der Waals surface area contributed by atoms with E-state index < -0.39 is 47.9 Å². The van der Waals surface area contributed by atoms with E-state index in [1.54, 1.807) is 0 Å². The maximum atomic E-state index is 13.1. The summed E-state index contributed by atoms with van der Waals surface area (Å²) >= 11 is 0. The van der Waals surface area contributed by atoms with Gasteiger partial charge in [-0.05, 0) is 25.3 Å². The van der Waals surface area contributed by atoms with Gasteiger partial charge < -0.3 is 32.1 Å². The molecular formula is C20H29N5O5. The molecule has 3 amide bonds. The summed E-state index contributed by atoms with van der Waals surface area (Å²) in [6.07, 6.45) is 1.14. The predicted molar refractivity (Wildman–Crippen MR) is 109 cm³/mol. The summed E-state index contributed by atoms with van der Waals surface area (Å²) < 4.78 is 0. The number of carboxylic acid groups (broad SMARTS) is 1. The minimum atomic E-state index is -1.07. The highest BCUT2D eigenvalue weighted by atomic mass is 16.4. The van der Waals surface area contributed by atoms with Gasteiger partial charge in [0.05, 0.1) is 6.04 Å². The van der Waals surface area contributed by atoms with Gasteiger partial charge in [-0.25, -0.2) is 4.79 Å². The monoisotopic (exact) mass is 419 g/mol. The molecule has 30 heavy (non-hydrogen) atoms. The van der Waals surface area contributed by atoms with Crippen LogP contribution >= 0.6 is 0 Å². The van der Waals surface area contributed by atoms with Crippen LogP contribution in [-0.4, -0.2) is 71.0 Å². The lowest BCUT2D eigenvalue weighted by Gasteiger charge is -2.28. The SMILES string of the molecule is C[C@H](NC(=O)[C@@H](N)CN)C(=O)N[C@@H](Cc1ccccc1)C(=O)N1CCC[C@@H]1C(=O)O. The fraction of sp³-hybridized carbons (Fsp3) is 0.500. The number of likely N-dealkylation sites (tertiary alicyclic amines) is 1. The molecule has 7 N–H and O–H groups in total. The molecule has 2 rings (SSSR count). The zero-order chi connectivity index (χ0) is 22.3. The molecule has 1 aliphatic heterocycles. The first-order valence-corrected chi connectivity index (χ1v) is 9.88. The highest BCUT2D eigenvalue weighted by molar-refractivity contribution is 5.94. The summed E-state index contributed by atoms with van der Waals surface area (Å²) in [5.74, 6) is -2.68. The maximum absolute atomic E-state index is 13.1. The molecule has 1 fully saturated rings. The smallest absolute Gasteiger partial charge is 0.326 e.